The summed E-state index contributed by atoms with van der Waals surface area (Å²) in [6.45, 7) is 1.81. The van der Waals surface area contributed by atoms with Crippen molar-refractivity contribution in [2.45, 2.75) is 19.4 Å². The summed E-state index contributed by atoms with van der Waals surface area (Å²) in [5, 5.41) is 0. The van der Waals surface area contributed by atoms with Crippen LogP contribution < -0.4 is 10.5 Å². The van der Waals surface area contributed by atoms with Gasteiger partial charge in [-0.05, 0) is 37.1 Å². The Kier molecular flexibility index (Phi) is 4.92. The highest BCUT2D eigenvalue weighted by Crippen LogP contribution is 2.18. The molecule has 0 aliphatic heterocycles. The first-order valence-corrected chi connectivity index (χ1v) is 6.36. The van der Waals surface area contributed by atoms with Gasteiger partial charge in [0.05, 0.1) is 12.9 Å². The maximum Gasteiger partial charge on any atom is 0.165 e. The maximum absolute atomic E-state index is 13.7. The highest BCUT2D eigenvalue weighted by atomic mass is 19.1. The van der Waals surface area contributed by atoms with Crippen LogP contribution in [0.1, 0.15) is 12.0 Å². The van der Waals surface area contributed by atoms with Crippen LogP contribution in [0.2, 0.25) is 0 Å². The van der Waals surface area contributed by atoms with Crippen molar-refractivity contribution in [3.63, 3.8) is 0 Å². The average Bonchev–Trinajstić information content (AvgIpc) is 2.90. The first-order valence-electron chi connectivity index (χ1n) is 6.36. The van der Waals surface area contributed by atoms with Gasteiger partial charge in [0.15, 0.2) is 11.6 Å². The molecule has 1 aromatic carbocycles. The number of aryl methyl sites for hydroxylation is 1. The molecule has 0 amide bonds. The Balaban J connectivity index is 1.79. The summed E-state index contributed by atoms with van der Waals surface area (Å²) in [6.07, 6.45) is 6.86. The number of rotatable bonds is 7. The number of hydrogen-bond acceptors (Lipinski definition) is 3. The Bertz CT molecular complexity index is 499. The van der Waals surface area contributed by atoms with Gasteiger partial charge in [0.1, 0.15) is 0 Å². The lowest BCUT2D eigenvalue weighted by Gasteiger charge is -2.08. The summed E-state index contributed by atoms with van der Waals surface area (Å²) in [6, 6.07) is 5.00. The lowest BCUT2D eigenvalue weighted by atomic mass is 10.1. The van der Waals surface area contributed by atoms with E-state index in [1.807, 2.05) is 16.8 Å². The molecule has 5 heteroatoms. The Labute approximate surface area is 112 Å². The smallest absolute Gasteiger partial charge is 0.165 e. The van der Waals surface area contributed by atoms with Gasteiger partial charge in [-0.1, -0.05) is 6.07 Å². The van der Waals surface area contributed by atoms with Crippen molar-refractivity contribution in [2.75, 3.05) is 13.2 Å². The van der Waals surface area contributed by atoms with E-state index in [4.69, 9.17) is 10.5 Å². The molecule has 0 fully saturated rings. The van der Waals surface area contributed by atoms with Crippen LogP contribution in [0.15, 0.2) is 36.9 Å². The minimum absolute atomic E-state index is 0.298. The number of ether oxygens (including phenoxy) is 1. The van der Waals surface area contributed by atoms with Crippen LogP contribution >= 0.6 is 0 Å². The van der Waals surface area contributed by atoms with Crippen LogP contribution in [0, 0.1) is 5.82 Å². The van der Waals surface area contributed by atoms with E-state index >= 15 is 0 Å². The fourth-order valence-electron chi connectivity index (χ4n) is 1.83. The molecule has 0 bridgehead atoms. The van der Waals surface area contributed by atoms with Crippen LogP contribution in [-0.2, 0) is 13.0 Å². The monoisotopic (exact) mass is 263 g/mol. The summed E-state index contributed by atoms with van der Waals surface area (Å²) in [5.74, 6) is -0.0278. The molecule has 102 valence electrons. The molecule has 0 atom stereocenters. The largest absolute Gasteiger partial charge is 0.490 e. The predicted molar refractivity (Wildman–Crippen MR) is 71.5 cm³/mol. The third-order valence-corrected chi connectivity index (χ3v) is 2.81. The van der Waals surface area contributed by atoms with E-state index in [0.717, 1.165) is 18.5 Å². The molecular formula is C14H18FN3O. The van der Waals surface area contributed by atoms with Crippen molar-refractivity contribution in [1.29, 1.82) is 0 Å². The molecule has 0 aliphatic rings. The van der Waals surface area contributed by atoms with Gasteiger partial charge in [-0.15, -0.1) is 0 Å². The van der Waals surface area contributed by atoms with Crippen molar-refractivity contribution < 1.29 is 9.13 Å². The summed E-state index contributed by atoms with van der Waals surface area (Å²) in [7, 11) is 0. The van der Waals surface area contributed by atoms with Crippen molar-refractivity contribution in [1.82, 2.24) is 9.55 Å². The SMILES string of the molecule is NCCc1ccc(OCCCn2ccnc2)c(F)c1. The highest BCUT2D eigenvalue weighted by Gasteiger charge is 2.04. The predicted octanol–water partition coefficient (Wildman–Crippen LogP) is 1.99. The average molecular weight is 263 g/mol. The molecule has 2 N–H and O–H groups in total. The van der Waals surface area contributed by atoms with Gasteiger partial charge in [-0.25, -0.2) is 9.37 Å². The van der Waals surface area contributed by atoms with Crippen LogP contribution in [0.3, 0.4) is 0 Å². The number of nitrogens with zero attached hydrogens (tertiary/aromatic N) is 2. The van der Waals surface area contributed by atoms with E-state index in [2.05, 4.69) is 4.98 Å². The molecule has 19 heavy (non-hydrogen) atoms. The second-order valence-corrected chi connectivity index (χ2v) is 4.31. The van der Waals surface area contributed by atoms with Crippen LogP contribution in [-0.4, -0.2) is 22.7 Å². The molecule has 1 heterocycles. The summed E-state index contributed by atoms with van der Waals surface area (Å²) in [4.78, 5) is 3.95. The third kappa shape index (κ3) is 4.06. The van der Waals surface area contributed by atoms with Crippen molar-refractivity contribution in [2.24, 2.45) is 5.73 Å². The molecule has 1 aromatic heterocycles. The maximum atomic E-state index is 13.7. The minimum atomic E-state index is -0.325. The minimum Gasteiger partial charge on any atom is -0.490 e. The van der Waals surface area contributed by atoms with Crippen LogP contribution in [0.5, 0.6) is 5.75 Å². The Hall–Kier alpha value is -1.88. The second kappa shape index (κ2) is 6.89. The molecule has 0 aliphatic carbocycles. The first kappa shape index (κ1) is 13.5. The number of halogens is 1. The Morgan fingerprint density at radius 3 is 2.95 bits per heavy atom. The third-order valence-electron chi connectivity index (χ3n) is 2.81. The standard InChI is InChI=1S/C14H18FN3O/c15-13-10-12(4-5-16)2-3-14(13)19-9-1-7-18-8-6-17-11-18/h2-3,6,8,10-11H,1,4-5,7,9,16H2. The zero-order chi connectivity index (χ0) is 13.5. The fourth-order valence-corrected chi connectivity index (χ4v) is 1.83. The van der Waals surface area contributed by atoms with Gasteiger partial charge in [-0.2, -0.15) is 0 Å². The van der Waals surface area contributed by atoms with Gasteiger partial charge in [-0.3, -0.25) is 0 Å². The molecule has 2 rings (SSSR count). The molecule has 0 saturated carbocycles. The lowest BCUT2D eigenvalue weighted by molar-refractivity contribution is 0.287. The fraction of sp³-hybridized carbons (Fsp3) is 0.357. The zero-order valence-corrected chi connectivity index (χ0v) is 10.8. The van der Waals surface area contributed by atoms with E-state index in [1.54, 1.807) is 18.6 Å². The van der Waals surface area contributed by atoms with E-state index in [0.29, 0.717) is 25.3 Å². The van der Waals surface area contributed by atoms with Crippen molar-refractivity contribution in [3.8, 4) is 5.75 Å². The van der Waals surface area contributed by atoms with Crippen LogP contribution in [0.25, 0.3) is 0 Å². The van der Waals surface area contributed by atoms with E-state index in [1.165, 1.54) is 6.07 Å². The summed E-state index contributed by atoms with van der Waals surface area (Å²) in [5.41, 5.74) is 6.33. The highest BCUT2D eigenvalue weighted by molar-refractivity contribution is 5.29. The molecule has 0 radical (unpaired) electrons. The van der Waals surface area contributed by atoms with Gasteiger partial charge in [0.25, 0.3) is 0 Å². The normalized spacial score (nSPS) is 10.6. The molecular weight excluding hydrogens is 245 g/mol. The summed E-state index contributed by atoms with van der Waals surface area (Å²) >= 11 is 0. The van der Waals surface area contributed by atoms with Gasteiger partial charge in [0.2, 0.25) is 0 Å². The van der Waals surface area contributed by atoms with E-state index in [-0.39, 0.29) is 5.82 Å². The zero-order valence-electron chi connectivity index (χ0n) is 10.8. The molecule has 0 unspecified atom stereocenters. The molecule has 0 saturated heterocycles. The number of imidazole rings is 1. The van der Waals surface area contributed by atoms with E-state index in [9.17, 15) is 4.39 Å². The lowest BCUT2D eigenvalue weighted by Crippen LogP contribution is -2.05. The van der Waals surface area contributed by atoms with Crippen molar-refractivity contribution in [3.05, 3.63) is 48.3 Å². The van der Waals surface area contributed by atoms with Gasteiger partial charge < -0.3 is 15.0 Å². The number of aromatic nitrogens is 2. The first-order chi connectivity index (χ1) is 9.29. The topological polar surface area (TPSA) is 53.1 Å². The Morgan fingerprint density at radius 2 is 2.26 bits per heavy atom. The number of nitrogens with two attached hydrogens (primary N) is 1. The molecule has 4 nitrogen and oxygen atoms in total. The molecule has 0 spiro atoms. The van der Waals surface area contributed by atoms with Gasteiger partial charge >= 0.3 is 0 Å². The number of benzene rings is 1. The number of hydrogen-bond donors (Lipinski definition) is 1. The molecule has 2 aromatic rings. The van der Waals surface area contributed by atoms with Gasteiger partial charge in [0, 0.05) is 18.9 Å². The Morgan fingerprint density at radius 1 is 1.37 bits per heavy atom. The van der Waals surface area contributed by atoms with Crippen LogP contribution in [0.4, 0.5) is 4.39 Å². The summed E-state index contributed by atoms with van der Waals surface area (Å²) < 4.78 is 21.1. The van der Waals surface area contributed by atoms with E-state index < -0.39 is 0 Å². The quantitative estimate of drug-likeness (QED) is 0.777. The second-order valence-electron chi connectivity index (χ2n) is 4.31. The van der Waals surface area contributed by atoms with Crippen molar-refractivity contribution >= 4 is 0 Å².